The molecular formula is C22H21F5N4O2S. The van der Waals surface area contributed by atoms with E-state index in [-0.39, 0.29) is 29.8 Å². The van der Waals surface area contributed by atoms with Crippen molar-refractivity contribution in [2.75, 3.05) is 13.1 Å². The second-order valence-electron chi connectivity index (χ2n) is 8.47. The van der Waals surface area contributed by atoms with E-state index in [1.54, 1.807) is 4.31 Å². The average molecular weight is 500 g/mol. The number of benzene rings is 2. The molecule has 0 radical (unpaired) electrons. The highest BCUT2D eigenvalue weighted by Crippen LogP contribution is 2.40. The summed E-state index contributed by atoms with van der Waals surface area (Å²) in [6.07, 6.45) is -5.84. The van der Waals surface area contributed by atoms with Crippen LogP contribution in [0.1, 0.15) is 34.1 Å². The molecule has 3 atom stereocenters. The lowest BCUT2D eigenvalue weighted by atomic mass is 10.0. The lowest BCUT2D eigenvalue weighted by Gasteiger charge is -2.26. The second-order valence-corrected chi connectivity index (χ2v) is 9.59. The molecule has 3 aliphatic heterocycles. The lowest BCUT2D eigenvalue weighted by Crippen LogP contribution is -2.37. The molecule has 2 unspecified atom stereocenters. The van der Waals surface area contributed by atoms with Crippen LogP contribution in [-0.4, -0.2) is 52.8 Å². The molecule has 12 heteroatoms. The molecule has 2 aromatic rings. The normalized spacial score (nSPS) is 26.6. The molecule has 2 N–H and O–H groups in total. The maximum Gasteiger partial charge on any atom is 0.278 e. The summed E-state index contributed by atoms with van der Waals surface area (Å²) in [6.45, 7) is -0.498. The van der Waals surface area contributed by atoms with Gasteiger partial charge in [0.05, 0.1) is 6.54 Å². The van der Waals surface area contributed by atoms with Gasteiger partial charge in [-0.25, -0.2) is 37.1 Å². The summed E-state index contributed by atoms with van der Waals surface area (Å²) >= 11 is 1.20. The van der Waals surface area contributed by atoms with Crippen LogP contribution in [0.25, 0.3) is 0 Å². The van der Waals surface area contributed by atoms with Crippen molar-refractivity contribution in [2.45, 2.75) is 48.7 Å². The number of hydrogen-bond acceptors (Lipinski definition) is 6. The number of carbonyl (C=O) groups is 1. The van der Waals surface area contributed by atoms with E-state index in [4.69, 9.17) is 4.74 Å². The predicted octanol–water partition coefficient (Wildman–Crippen LogP) is 3.91. The molecule has 3 aliphatic rings. The molecule has 0 saturated carbocycles. The zero-order chi connectivity index (χ0) is 24.0. The SMILES string of the molecule is O=C1c2cc(C3NNC(C(F)F)O3)cc(F)c2CN1C[C@H]1CC(F)(F)CN1Sc1ccccc1. The van der Waals surface area contributed by atoms with Gasteiger partial charge in [0, 0.05) is 47.1 Å². The third-order valence-electron chi connectivity index (χ3n) is 5.98. The van der Waals surface area contributed by atoms with Gasteiger partial charge in [0.2, 0.25) is 0 Å². The highest BCUT2D eigenvalue weighted by atomic mass is 32.2. The summed E-state index contributed by atoms with van der Waals surface area (Å²) in [6, 6.07) is 11.0. The summed E-state index contributed by atoms with van der Waals surface area (Å²) in [7, 11) is 0. The first-order valence-corrected chi connectivity index (χ1v) is 11.4. The Hall–Kier alpha value is -2.25. The third kappa shape index (κ3) is 4.65. The van der Waals surface area contributed by atoms with Crippen LogP contribution in [-0.2, 0) is 11.3 Å². The van der Waals surface area contributed by atoms with Gasteiger partial charge in [0.15, 0.2) is 6.23 Å². The van der Waals surface area contributed by atoms with Gasteiger partial charge in [0.1, 0.15) is 12.0 Å². The number of alkyl halides is 4. The molecule has 1 amide bonds. The number of hydrogen-bond donors (Lipinski definition) is 2. The first-order chi connectivity index (χ1) is 16.2. The van der Waals surface area contributed by atoms with Crippen LogP contribution >= 0.6 is 11.9 Å². The quantitative estimate of drug-likeness (QED) is 0.464. The van der Waals surface area contributed by atoms with E-state index in [1.165, 1.54) is 22.9 Å². The van der Waals surface area contributed by atoms with E-state index < -0.39 is 55.5 Å². The van der Waals surface area contributed by atoms with Crippen LogP contribution in [0.15, 0.2) is 47.4 Å². The maximum atomic E-state index is 14.8. The van der Waals surface area contributed by atoms with Gasteiger partial charge in [-0.2, -0.15) is 0 Å². The number of fused-ring (bicyclic) bond motifs is 1. The highest BCUT2D eigenvalue weighted by molar-refractivity contribution is 7.97. The first kappa shape index (κ1) is 23.5. The number of hydrazine groups is 1. The van der Waals surface area contributed by atoms with Crippen molar-refractivity contribution >= 4 is 17.9 Å². The molecule has 0 aromatic heterocycles. The number of nitrogens with zero attached hydrogens (tertiary/aromatic N) is 2. The van der Waals surface area contributed by atoms with E-state index in [9.17, 15) is 26.7 Å². The van der Waals surface area contributed by atoms with Crippen LogP contribution < -0.4 is 10.9 Å². The Morgan fingerprint density at radius 1 is 1.18 bits per heavy atom. The Bertz CT molecular complexity index is 1080. The van der Waals surface area contributed by atoms with E-state index >= 15 is 0 Å². The summed E-state index contributed by atoms with van der Waals surface area (Å²) in [5.41, 5.74) is 5.19. The van der Waals surface area contributed by atoms with Crippen LogP contribution in [0.5, 0.6) is 0 Å². The molecule has 2 fully saturated rings. The molecule has 6 nitrogen and oxygen atoms in total. The smallest absolute Gasteiger partial charge is 0.278 e. The zero-order valence-electron chi connectivity index (χ0n) is 17.7. The molecule has 5 rings (SSSR count). The summed E-state index contributed by atoms with van der Waals surface area (Å²) in [5.74, 6) is -4.08. The van der Waals surface area contributed by atoms with Crippen LogP contribution in [0.4, 0.5) is 22.0 Å². The van der Waals surface area contributed by atoms with Crippen molar-refractivity contribution in [2.24, 2.45) is 0 Å². The highest BCUT2D eigenvalue weighted by Gasteiger charge is 2.47. The fourth-order valence-electron chi connectivity index (χ4n) is 4.40. The lowest BCUT2D eigenvalue weighted by molar-refractivity contribution is -0.0600. The van der Waals surface area contributed by atoms with E-state index in [0.717, 1.165) is 11.0 Å². The monoisotopic (exact) mass is 500 g/mol. The molecule has 34 heavy (non-hydrogen) atoms. The van der Waals surface area contributed by atoms with Gasteiger partial charge in [-0.15, -0.1) is 0 Å². The number of ether oxygens (including phenoxy) is 1. The van der Waals surface area contributed by atoms with Crippen molar-refractivity contribution in [3.63, 3.8) is 0 Å². The molecular weight excluding hydrogens is 479 g/mol. The number of carbonyl (C=O) groups excluding carboxylic acids is 1. The Kier molecular flexibility index (Phi) is 6.27. The molecule has 0 bridgehead atoms. The molecule has 2 saturated heterocycles. The van der Waals surface area contributed by atoms with E-state index in [1.807, 2.05) is 30.3 Å². The van der Waals surface area contributed by atoms with Gasteiger partial charge in [0.25, 0.3) is 18.3 Å². The molecule has 2 aromatic carbocycles. The summed E-state index contributed by atoms with van der Waals surface area (Å²) in [5, 5.41) is 0. The average Bonchev–Trinajstić information content (AvgIpc) is 3.47. The molecule has 0 spiro atoms. The molecule has 3 heterocycles. The Labute approximate surface area is 196 Å². The van der Waals surface area contributed by atoms with E-state index in [0.29, 0.717) is 0 Å². The molecule has 182 valence electrons. The van der Waals surface area contributed by atoms with Gasteiger partial charge in [-0.05, 0) is 36.2 Å². The maximum absolute atomic E-state index is 14.8. The van der Waals surface area contributed by atoms with Crippen molar-refractivity contribution in [1.29, 1.82) is 0 Å². The minimum Gasteiger partial charge on any atom is -0.333 e. The van der Waals surface area contributed by atoms with Crippen LogP contribution in [0, 0.1) is 5.82 Å². The third-order valence-corrected chi connectivity index (χ3v) is 7.13. The number of amides is 1. The minimum atomic E-state index is -2.90. The number of rotatable bonds is 6. The topological polar surface area (TPSA) is 56.8 Å². The largest absolute Gasteiger partial charge is 0.333 e. The fraction of sp³-hybridized carbons (Fsp3) is 0.409. The number of halogens is 5. The Morgan fingerprint density at radius 3 is 2.65 bits per heavy atom. The minimum absolute atomic E-state index is 0.00486. The summed E-state index contributed by atoms with van der Waals surface area (Å²) < 4.78 is 75.7. The first-order valence-electron chi connectivity index (χ1n) is 10.6. The van der Waals surface area contributed by atoms with Crippen molar-refractivity contribution in [3.8, 4) is 0 Å². The van der Waals surface area contributed by atoms with Gasteiger partial charge in [-0.3, -0.25) is 4.79 Å². The summed E-state index contributed by atoms with van der Waals surface area (Å²) in [4.78, 5) is 15.2. The number of nitrogens with one attached hydrogen (secondary N) is 2. The van der Waals surface area contributed by atoms with Crippen LogP contribution in [0.2, 0.25) is 0 Å². The Morgan fingerprint density at radius 2 is 1.94 bits per heavy atom. The van der Waals surface area contributed by atoms with Crippen molar-refractivity contribution in [1.82, 2.24) is 20.1 Å². The van der Waals surface area contributed by atoms with E-state index in [2.05, 4.69) is 10.9 Å². The fourth-order valence-corrected chi connectivity index (χ4v) is 5.49. The van der Waals surface area contributed by atoms with Gasteiger partial charge in [-0.1, -0.05) is 18.2 Å². The standard InChI is InChI=1S/C22H21F5N4O2S/c23-17-7-12(19-28-29-20(33-19)18(24)25)6-15-16(17)10-30(21(15)32)9-13-8-22(26,27)11-31(13)34-14-4-2-1-3-5-14/h1-7,13,18-20,28-29H,8-11H2/t13-,19?,20?/m1/s1. The van der Waals surface area contributed by atoms with Crippen molar-refractivity contribution < 1.29 is 31.5 Å². The zero-order valence-corrected chi connectivity index (χ0v) is 18.5. The molecule has 0 aliphatic carbocycles. The van der Waals surface area contributed by atoms with Gasteiger partial charge < -0.3 is 9.64 Å². The van der Waals surface area contributed by atoms with Crippen LogP contribution in [0.3, 0.4) is 0 Å². The second kappa shape index (κ2) is 9.08. The Balaban J connectivity index is 1.32. The predicted molar refractivity (Wildman–Crippen MR) is 113 cm³/mol. The van der Waals surface area contributed by atoms with Crippen molar-refractivity contribution in [3.05, 3.63) is 65.0 Å². The van der Waals surface area contributed by atoms with Gasteiger partial charge >= 0.3 is 0 Å².